The third-order valence-electron chi connectivity index (χ3n) is 4.11. The van der Waals surface area contributed by atoms with Gasteiger partial charge in [0.2, 0.25) is 0 Å². The maximum atomic E-state index is 5.27. The van der Waals surface area contributed by atoms with Gasteiger partial charge in [0.1, 0.15) is 17.5 Å². The molecule has 2 aromatic rings. The summed E-state index contributed by atoms with van der Waals surface area (Å²) in [4.78, 5) is 11.1. The second kappa shape index (κ2) is 6.39. The van der Waals surface area contributed by atoms with Crippen molar-refractivity contribution >= 4 is 16.9 Å². The van der Waals surface area contributed by atoms with Crippen LogP contribution in [0.1, 0.15) is 38.3 Å². The summed E-state index contributed by atoms with van der Waals surface area (Å²) < 4.78 is 5.27. The van der Waals surface area contributed by atoms with Crippen molar-refractivity contribution in [1.29, 1.82) is 0 Å². The average Bonchev–Trinajstić information content (AvgIpc) is 3.14. The zero-order chi connectivity index (χ0) is 14.7. The monoisotopic (exact) mass is 289 g/mol. The second-order valence-electron chi connectivity index (χ2n) is 5.74. The minimum atomic E-state index is 0.548. The molecule has 114 valence electrons. The molecule has 6 heteroatoms. The van der Waals surface area contributed by atoms with Gasteiger partial charge in [-0.15, -0.1) is 0 Å². The Bertz CT molecular complexity index is 591. The van der Waals surface area contributed by atoms with Crippen LogP contribution >= 0.6 is 0 Å². The minimum absolute atomic E-state index is 0.548. The van der Waals surface area contributed by atoms with Crippen LogP contribution in [0, 0.1) is 6.92 Å². The summed E-state index contributed by atoms with van der Waals surface area (Å²) in [7, 11) is 0. The summed E-state index contributed by atoms with van der Waals surface area (Å²) in [5.41, 5.74) is 1.44. The van der Waals surface area contributed by atoms with Crippen LogP contribution in [-0.4, -0.2) is 40.8 Å². The third kappa shape index (κ3) is 3.00. The van der Waals surface area contributed by atoms with E-state index in [0.717, 1.165) is 43.0 Å². The summed E-state index contributed by atoms with van der Waals surface area (Å²) in [5, 5.41) is 8.55. The fourth-order valence-electron chi connectivity index (χ4n) is 2.95. The lowest BCUT2D eigenvalue weighted by Gasteiger charge is -2.27. The molecule has 21 heavy (non-hydrogen) atoms. The van der Waals surface area contributed by atoms with E-state index in [2.05, 4.69) is 32.3 Å². The third-order valence-corrected chi connectivity index (χ3v) is 4.11. The van der Waals surface area contributed by atoms with E-state index >= 15 is 0 Å². The first-order valence-corrected chi connectivity index (χ1v) is 7.85. The van der Waals surface area contributed by atoms with Gasteiger partial charge in [0.15, 0.2) is 0 Å². The number of fused-ring (bicyclic) bond motifs is 1. The lowest BCUT2D eigenvalue weighted by Crippen LogP contribution is -2.38. The molecular formula is C15H23N5O. The zero-order valence-corrected chi connectivity index (χ0v) is 12.8. The van der Waals surface area contributed by atoms with Crippen molar-refractivity contribution in [3.8, 4) is 0 Å². The fraction of sp³-hybridized carbons (Fsp3) is 0.667. The molecule has 1 atom stereocenters. The molecule has 0 aliphatic carbocycles. The van der Waals surface area contributed by atoms with E-state index in [-0.39, 0.29) is 0 Å². The lowest BCUT2D eigenvalue weighted by molar-refractivity contribution is 0.442. The zero-order valence-electron chi connectivity index (χ0n) is 12.8. The molecule has 0 radical (unpaired) electrons. The van der Waals surface area contributed by atoms with Gasteiger partial charge >= 0.3 is 0 Å². The highest BCUT2D eigenvalue weighted by molar-refractivity contribution is 5.87. The van der Waals surface area contributed by atoms with Crippen LogP contribution in [0.25, 0.3) is 11.1 Å². The Morgan fingerprint density at radius 1 is 1.43 bits per heavy atom. The molecule has 1 aliphatic rings. The summed E-state index contributed by atoms with van der Waals surface area (Å²) >= 11 is 0. The summed E-state index contributed by atoms with van der Waals surface area (Å²) in [6.45, 7) is 7.27. The maximum absolute atomic E-state index is 5.27. The molecule has 0 spiro atoms. The van der Waals surface area contributed by atoms with Gasteiger partial charge in [0.25, 0.3) is 5.71 Å². The predicted molar refractivity (Wildman–Crippen MR) is 82.5 cm³/mol. The van der Waals surface area contributed by atoms with E-state index in [0.29, 0.717) is 11.8 Å². The Morgan fingerprint density at radius 3 is 3.10 bits per heavy atom. The van der Waals surface area contributed by atoms with E-state index in [9.17, 15) is 0 Å². The van der Waals surface area contributed by atoms with Crippen molar-refractivity contribution in [3.63, 3.8) is 0 Å². The van der Waals surface area contributed by atoms with Crippen LogP contribution in [-0.2, 0) is 0 Å². The first-order valence-electron chi connectivity index (χ1n) is 7.85. The van der Waals surface area contributed by atoms with Gasteiger partial charge < -0.3 is 14.7 Å². The molecule has 3 rings (SSSR count). The Labute approximate surface area is 124 Å². The van der Waals surface area contributed by atoms with Crippen molar-refractivity contribution in [2.24, 2.45) is 0 Å². The molecular weight excluding hydrogens is 266 g/mol. The number of unbranched alkanes of at least 4 members (excludes halogenated alkanes) is 1. The molecule has 0 saturated carbocycles. The standard InChI is InChI=1S/C15H23N5O/c1-3-4-8-20(9-12-6-5-7-16-12)14-13-11(2)19-21-15(13)18-10-17-14/h10,12,16H,3-9H2,1-2H3. The van der Waals surface area contributed by atoms with Crippen molar-refractivity contribution < 1.29 is 4.52 Å². The number of hydrogen-bond acceptors (Lipinski definition) is 6. The number of nitrogens with one attached hydrogen (secondary N) is 1. The van der Waals surface area contributed by atoms with Crippen LogP contribution in [0.5, 0.6) is 0 Å². The van der Waals surface area contributed by atoms with Gasteiger partial charge in [-0.2, -0.15) is 4.98 Å². The minimum Gasteiger partial charge on any atom is -0.354 e. The van der Waals surface area contributed by atoms with Gasteiger partial charge in [-0.1, -0.05) is 18.5 Å². The van der Waals surface area contributed by atoms with Crippen molar-refractivity contribution in [2.75, 3.05) is 24.5 Å². The van der Waals surface area contributed by atoms with Crippen LogP contribution in [0.15, 0.2) is 10.9 Å². The number of hydrogen-bond donors (Lipinski definition) is 1. The fourth-order valence-corrected chi connectivity index (χ4v) is 2.95. The summed E-state index contributed by atoms with van der Waals surface area (Å²) in [5.74, 6) is 0.959. The molecule has 1 saturated heterocycles. The lowest BCUT2D eigenvalue weighted by atomic mass is 10.2. The predicted octanol–water partition coefficient (Wildman–Crippen LogP) is 2.28. The molecule has 2 aromatic heterocycles. The average molecular weight is 289 g/mol. The largest absolute Gasteiger partial charge is 0.354 e. The van der Waals surface area contributed by atoms with Gasteiger partial charge in [0.05, 0.1) is 5.69 Å². The molecule has 3 heterocycles. The van der Waals surface area contributed by atoms with Gasteiger partial charge in [-0.05, 0) is 32.7 Å². The number of nitrogens with zero attached hydrogens (tertiary/aromatic N) is 4. The Morgan fingerprint density at radius 2 is 2.33 bits per heavy atom. The van der Waals surface area contributed by atoms with E-state index in [1.165, 1.54) is 19.3 Å². The first kappa shape index (κ1) is 14.3. The Hall–Kier alpha value is -1.69. The molecule has 1 fully saturated rings. The Balaban J connectivity index is 1.90. The van der Waals surface area contributed by atoms with Gasteiger partial charge in [0, 0.05) is 19.1 Å². The highest BCUT2D eigenvalue weighted by Crippen LogP contribution is 2.26. The summed E-state index contributed by atoms with van der Waals surface area (Å²) in [6.07, 6.45) is 6.40. The van der Waals surface area contributed by atoms with Crippen LogP contribution < -0.4 is 10.2 Å². The Kier molecular flexibility index (Phi) is 4.34. The van der Waals surface area contributed by atoms with Gasteiger partial charge in [-0.25, -0.2) is 4.98 Å². The number of aromatic nitrogens is 3. The van der Waals surface area contributed by atoms with E-state index in [1.807, 2.05) is 6.92 Å². The van der Waals surface area contributed by atoms with Gasteiger partial charge in [-0.3, -0.25) is 0 Å². The highest BCUT2D eigenvalue weighted by Gasteiger charge is 2.22. The van der Waals surface area contributed by atoms with E-state index in [1.54, 1.807) is 6.33 Å². The van der Waals surface area contributed by atoms with Crippen molar-refractivity contribution in [3.05, 3.63) is 12.0 Å². The number of anilines is 1. The van der Waals surface area contributed by atoms with E-state index < -0.39 is 0 Å². The number of rotatable bonds is 6. The molecule has 0 aromatic carbocycles. The molecule has 0 bridgehead atoms. The molecule has 1 unspecified atom stereocenters. The maximum Gasteiger partial charge on any atom is 0.263 e. The SMILES string of the molecule is CCCCN(CC1CCCN1)c1ncnc2onc(C)c12. The highest BCUT2D eigenvalue weighted by atomic mass is 16.5. The molecule has 6 nitrogen and oxygen atoms in total. The number of aryl methyl sites for hydroxylation is 1. The topological polar surface area (TPSA) is 67.1 Å². The summed E-state index contributed by atoms with van der Waals surface area (Å²) in [6, 6.07) is 0.548. The normalized spacial score (nSPS) is 18.5. The van der Waals surface area contributed by atoms with Crippen LogP contribution in [0.3, 0.4) is 0 Å². The van der Waals surface area contributed by atoms with Crippen molar-refractivity contribution in [2.45, 2.75) is 45.6 Å². The molecule has 1 N–H and O–H groups in total. The first-order chi connectivity index (χ1) is 10.3. The van der Waals surface area contributed by atoms with Crippen LogP contribution in [0.2, 0.25) is 0 Å². The second-order valence-corrected chi connectivity index (χ2v) is 5.74. The quantitative estimate of drug-likeness (QED) is 0.880. The molecule has 1 aliphatic heterocycles. The smallest absolute Gasteiger partial charge is 0.263 e. The van der Waals surface area contributed by atoms with E-state index in [4.69, 9.17) is 4.52 Å². The van der Waals surface area contributed by atoms with Crippen molar-refractivity contribution in [1.82, 2.24) is 20.4 Å². The molecule has 0 amide bonds. The van der Waals surface area contributed by atoms with Crippen LogP contribution in [0.4, 0.5) is 5.82 Å².